The Morgan fingerprint density at radius 1 is 1.30 bits per heavy atom. The van der Waals surface area contributed by atoms with E-state index >= 15 is 0 Å². The highest BCUT2D eigenvalue weighted by atomic mass is 19.1. The molecule has 0 radical (unpaired) electrons. The second-order valence-corrected chi connectivity index (χ2v) is 7.01. The van der Waals surface area contributed by atoms with Gasteiger partial charge in [0.05, 0.1) is 17.9 Å². The summed E-state index contributed by atoms with van der Waals surface area (Å²) in [5.41, 5.74) is 1.07. The van der Waals surface area contributed by atoms with Gasteiger partial charge in [0.25, 0.3) is 0 Å². The lowest BCUT2D eigenvalue weighted by Gasteiger charge is -2.37. The van der Waals surface area contributed by atoms with Crippen molar-refractivity contribution in [2.24, 2.45) is 0 Å². The Morgan fingerprint density at radius 3 is 2.59 bits per heavy atom. The molecule has 0 aliphatic carbocycles. The molecule has 1 aromatic heterocycles. The van der Waals surface area contributed by atoms with Gasteiger partial charge in [-0.1, -0.05) is 5.16 Å². The molecule has 27 heavy (non-hydrogen) atoms. The molecule has 1 saturated heterocycles. The first-order valence-corrected chi connectivity index (χ1v) is 9.02. The maximum absolute atomic E-state index is 14.6. The Morgan fingerprint density at radius 2 is 2.00 bits per heavy atom. The fraction of sp³-hybridized carbons (Fsp3) is 0.474. The molecule has 1 aromatic carbocycles. The number of hydrogen-bond donors (Lipinski definition) is 2. The van der Waals surface area contributed by atoms with Crippen molar-refractivity contribution in [2.75, 3.05) is 28.6 Å². The van der Waals surface area contributed by atoms with Crippen LogP contribution in [0.25, 0.3) is 0 Å². The minimum absolute atomic E-state index is 0.0508. The van der Waals surface area contributed by atoms with Gasteiger partial charge in [-0.05, 0) is 45.9 Å². The number of benzene rings is 1. The molecular weight excluding hydrogens is 351 g/mol. The van der Waals surface area contributed by atoms with E-state index in [0.717, 1.165) is 0 Å². The van der Waals surface area contributed by atoms with Gasteiger partial charge in [0, 0.05) is 24.8 Å². The fourth-order valence-electron chi connectivity index (χ4n) is 3.20. The van der Waals surface area contributed by atoms with Gasteiger partial charge in [-0.25, -0.2) is 4.39 Å². The summed E-state index contributed by atoms with van der Waals surface area (Å²) in [6.45, 7) is 8.68. The summed E-state index contributed by atoms with van der Waals surface area (Å²) in [5.74, 6) is 0.336. The van der Waals surface area contributed by atoms with E-state index in [9.17, 15) is 9.18 Å². The number of anilines is 3. The van der Waals surface area contributed by atoms with Gasteiger partial charge in [0.2, 0.25) is 5.91 Å². The summed E-state index contributed by atoms with van der Waals surface area (Å²) in [6, 6.07) is 5.96. The summed E-state index contributed by atoms with van der Waals surface area (Å²) in [6.07, 6.45) is 0.102. The third kappa shape index (κ3) is 4.77. The van der Waals surface area contributed by atoms with Crippen LogP contribution in [0, 0.1) is 12.7 Å². The Balaban J connectivity index is 1.63. The molecule has 0 bridgehead atoms. The lowest BCUT2D eigenvalue weighted by molar-refractivity contribution is -0.116. The van der Waals surface area contributed by atoms with Crippen LogP contribution in [0.15, 0.2) is 28.8 Å². The van der Waals surface area contributed by atoms with E-state index in [0.29, 0.717) is 36.0 Å². The number of halogens is 1. The highest BCUT2D eigenvalue weighted by molar-refractivity contribution is 5.95. The maximum Gasteiger partial charge on any atom is 0.247 e. The van der Waals surface area contributed by atoms with E-state index in [-0.39, 0.29) is 23.9 Å². The van der Waals surface area contributed by atoms with Gasteiger partial charge >= 0.3 is 0 Å². The quantitative estimate of drug-likeness (QED) is 0.834. The number of morpholine rings is 1. The average Bonchev–Trinajstić information content (AvgIpc) is 2.98. The molecule has 3 unspecified atom stereocenters. The SMILES string of the molecule is Cc1cc(NC(=O)C(C)Nc2ccc(N3CC(C)OC(C)C3)c(F)c2)no1. The zero-order valence-electron chi connectivity index (χ0n) is 16.0. The predicted octanol–water partition coefficient (Wildman–Crippen LogP) is 3.17. The van der Waals surface area contributed by atoms with Gasteiger partial charge in [0.1, 0.15) is 17.6 Å². The summed E-state index contributed by atoms with van der Waals surface area (Å²) >= 11 is 0. The highest BCUT2D eigenvalue weighted by Crippen LogP contribution is 2.26. The van der Waals surface area contributed by atoms with Crippen molar-refractivity contribution in [1.82, 2.24) is 5.16 Å². The van der Waals surface area contributed by atoms with E-state index in [1.165, 1.54) is 6.07 Å². The zero-order chi connectivity index (χ0) is 19.6. The van der Waals surface area contributed by atoms with Gasteiger partial charge in [-0.2, -0.15) is 0 Å². The smallest absolute Gasteiger partial charge is 0.247 e. The third-order valence-corrected chi connectivity index (χ3v) is 4.36. The molecule has 1 aliphatic rings. The number of hydrogen-bond acceptors (Lipinski definition) is 6. The van der Waals surface area contributed by atoms with Crippen molar-refractivity contribution in [3.05, 3.63) is 35.8 Å². The molecule has 0 spiro atoms. The number of aryl methyl sites for hydroxylation is 1. The summed E-state index contributed by atoms with van der Waals surface area (Å²) in [4.78, 5) is 14.2. The molecule has 2 aromatic rings. The molecule has 8 heteroatoms. The molecule has 146 valence electrons. The molecular formula is C19H25FN4O3. The van der Waals surface area contributed by atoms with Gasteiger partial charge in [0.15, 0.2) is 5.82 Å². The molecule has 7 nitrogen and oxygen atoms in total. The average molecular weight is 376 g/mol. The van der Waals surface area contributed by atoms with Crippen molar-refractivity contribution in [3.63, 3.8) is 0 Å². The van der Waals surface area contributed by atoms with E-state index in [1.807, 2.05) is 18.7 Å². The summed E-state index contributed by atoms with van der Waals surface area (Å²) < 4.78 is 25.3. The van der Waals surface area contributed by atoms with Gasteiger partial charge in [-0.3, -0.25) is 4.79 Å². The number of aromatic nitrogens is 1. The molecule has 2 N–H and O–H groups in total. The van der Waals surface area contributed by atoms with Gasteiger partial charge in [-0.15, -0.1) is 0 Å². The van der Waals surface area contributed by atoms with Crippen LogP contribution in [0.4, 0.5) is 21.6 Å². The van der Waals surface area contributed by atoms with Crippen molar-refractivity contribution in [1.29, 1.82) is 0 Å². The van der Waals surface area contributed by atoms with Crippen LogP contribution in [0.2, 0.25) is 0 Å². The van der Waals surface area contributed by atoms with Crippen LogP contribution in [-0.4, -0.2) is 42.4 Å². The minimum Gasteiger partial charge on any atom is -0.374 e. The van der Waals surface area contributed by atoms with Crippen molar-refractivity contribution < 1.29 is 18.4 Å². The number of carbonyl (C=O) groups is 1. The molecule has 3 atom stereocenters. The number of carbonyl (C=O) groups excluding carboxylic acids is 1. The monoisotopic (exact) mass is 376 g/mol. The Hall–Kier alpha value is -2.61. The molecule has 2 heterocycles. The van der Waals surface area contributed by atoms with Crippen molar-refractivity contribution >= 4 is 23.1 Å². The third-order valence-electron chi connectivity index (χ3n) is 4.36. The minimum atomic E-state index is -0.573. The lowest BCUT2D eigenvalue weighted by Crippen LogP contribution is -2.45. The fourth-order valence-corrected chi connectivity index (χ4v) is 3.20. The molecule has 3 rings (SSSR count). The largest absolute Gasteiger partial charge is 0.374 e. The second-order valence-electron chi connectivity index (χ2n) is 7.01. The van der Waals surface area contributed by atoms with E-state index in [2.05, 4.69) is 15.8 Å². The molecule has 0 saturated carbocycles. The first-order chi connectivity index (χ1) is 12.8. The van der Waals surface area contributed by atoms with Crippen molar-refractivity contribution in [2.45, 2.75) is 45.9 Å². The number of nitrogens with one attached hydrogen (secondary N) is 2. The van der Waals surface area contributed by atoms with E-state index < -0.39 is 6.04 Å². The number of ether oxygens (including phenoxy) is 1. The van der Waals surface area contributed by atoms with E-state index in [4.69, 9.17) is 9.26 Å². The Kier molecular flexibility index (Phi) is 5.65. The molecule has 1 aliphatic heterocycles. The van der Waals surface area contributed by atoms with Crippen LogP contribution in [0.1, 0.15) is 26.5 Å². The van der Waals surface area contributed by atoms with Crippen LogP contribution < -0.4 is 15.5 Å². The van der Waals surface area contributed by atoms with Crippen LogP contribution in [0.5, 0.6) is 0 Å². The van der Waals surface area contributed by atoms with Gasteiger partial charge < -0.3 is 24.8 Å². The van der Waals surface area contributed by atoms with E-state index in [1.54, 1.807) is 32.0 Å². The Labute approximate surface area is 157 Å². The number of rotatable bonds is 5. The first-order valence-electron chi connectivity index (χ1n) is 9.02. The van der Waals surface area contributed by atoms with Crippen LogP contribution in [0.3, 0.4) is 0 Å². The Bertz CT molecular complexity index is 800. The standard InChI is InChI=1S/C19H25FN4O3/c1-11-7-18(23-27-11)22-19(25)14(4)21-15-5-6-17(16(20)8-15)24-9-12(2)26-13(3)10-24/h5-8,12-14,21H,9-10H2,1-4H3,(H,22,23,25). The predicted molar refractivity (Wildman–Crippen MR) is 102 cm³/mol. The normalized spacial score (nSPS) is 21.0. The molecule has 1 fully saturated rings. The summed E-state index contributed by atoms with van der Waals surface area (Å²) in [7, 11) is 0. The van der Waals surface area contributed by atoms with Crippen LogP contribution in [-0.2, 0) is 9.53 Å². The maximum atomic E-state index is 14.6. The number of amides is 1. The lowest BCUT2D eigenvalue weighted by atomic mass is 10.1. The topological polar surface area (TPSA) is 79.6 Å². The zero-order valence-corrected chi connectivity index (χ0v) is 16.0. The number of nitrogens with zero attached hydrogens (tertiary/aromatic N) is 2. The summed E-state index contributed by atoms with van der Waals surface area (Å²) in [5, 5.41) is 9.38. The molecule has 1 amide bonds. The first kappa shape index (κ1) is 19.2. The second kappa shape index (κ2) is 7.96. The van der Waals surface area contributed by atoms with Crippen LogP contribution >= 0.6 is 0 Å². The van der Waals surface area contributed by atoms with Crippen molar-refractivity contribution in [3.8, 4) is 0 Å². The highest BCUT2D eigenvalue weighted by Gasteiger charge is 2.24.